The summed E-state index contributed by atoms with van der Waals surface area (Å²) in [6.07, 6.45) is 4.92. The van der Waals surface area contributed by atoms with Crippen LogP contribution >= 0.6 is 15.9 Å². The normalized spacial score (nSPS) is 26.6. The Hall–Kier alpha value is -0.680. The van der Waals surface area contributed by atoms with Crippen LogP contribution in [0.3, 0.4) is 0 Å². The topological polar surface area (TPSA) is 62.8 Å². The number of nitrogens with zero attached hydrogens (tertiary/aromatic N) is 2. The van der Waals surface area contributed by atoms with Crippen molar-refractivity contribution in [2.45, 2.75) is 45.6 Å². The lowest BCUT2D eigenvalue weighted by atomic mass is 9.87. The molecule has 0 radical (unpaired) electrons. The smallest absolute Gasteiger partial charge is 0.138 e. The second-order valence-electron chi connectivity index (χ2n) is 4.85. The van der Waals surface area contributed by atoms with Gasteiger partial charge in [0.15, 0.2) is 0 Å². The third kappa shape index (κ3) is 4.53. The van der Waals surface area contributed by atoms with Crippen LogP contribution in [0.25, 0.3) is 0 Å². The van der Waals surface area contributed by atoms with Gasteiger partial charge in [0.05, 0.1) is 16.8 Å². The van der Waals surface area contributed by atoms with E-state index in [-0.39, 0.29) is 6.67 Å². The minimum Gasteiger partial charge on any atom is -0.367 e. The van der Waals surface area contributed by atoms with E-state index < -0.39 is 0 Å². The molecule has 0 heterocycles. The maximum atomic E-state index is 5.52. The number of hydrogen-bond acceptors (Lipinski definition) is 3. The van der Waals surface area contributed by atoms with Gasteiger partial charge >= 0.3 is 0 Å². The Morgan fingerprint density at radius 3 is 2.50 bits per heavy atom. The monoisotopic (exact) mass is 314 g/mol. The molecule has 3 N–H and O–H groups in total. The second-order valence-corrected chi connectivity index (χ2v) is 5.64. The van der Waals surface area contributed by atoms with Crippen LogP contribution in [0.5, 0.6) is 0 Å². The van der Waals surface area contributed by atoms with E-state index in [1.54, 1.807) is 0 Å². The first-order valence-corrected chi connectivity index (χ1v) is 7.22. The molecule has 0 aromatic heterocycles. The Kier molecular flexibility index (Phi) is 6.57. The van der Waals surface area contributed by atoms with E-state index >= 15 is 0 Å². The average Bonchev–Trinajstić information content (AvgIpc) is 2.39. The predicted octanol–water partition coefficient (Wildman–Crippen LogP) is 2.80. The molecule has 0 amide bonds. The lowest BCUT2D eigenvalue weighted by Gasteiger charge is -2.28. The fourth-order valence-electron chi connectivity index (χ4n) is 2.11. The molecule has 1 rings (SSSR count). The van der Waals surface area contributed by atoms with Crippen molar-refractivity contribution in [3.63, 3.8) is 0 Å². The van der Waals surface area contributed by atoms with Crippen molar-refractivity contribution in [3.05, 3.63) is 10.2 Å². The summed E-state index contributed by atoms with van der Waals surface area (Å²) in [6, 6.07) is 0.483. The largest absolute Gasteiger partial charge is 0.367 e. The minimum atomic E-state index is 0.269. The van der Waals surface area contributed by atoms with Crippen LogP contribution in [0.15, 0.2) is 20.2 Å². The van der Waals surface area contributed by atoms with Crippen LogP contribution in [0.2, 0.25) is 0 Å². The van der Waals surface area contributed by atoms with Crippen LogP contribution in [0, 0.1) is 5.92 Å². The van der Waals surface area contributed by atoms with Gasteiger partial charge in [0.25, 0.3) is 0 Å². The predicted molar refractivity (Wildman–Crippen MR) is 82.2 cm³/mol. The molecule has 0 aromatic carbocycles. The first-order valence-electron chi connectivity index (χ1n) is 6.43. The van der Waals surface area contributed by atoms with Gasteiger partial charge < -0.3 is 11.1 Å². The summed E-state index contributed by atoms with van der Waals surface area (Å²) < 4.78 is 0.849. The third-order valence-electron chi connectivity index (χ3n) is 3.37. The van der Waals surface area contributed by atoms with Crippen LogP contribution < -0.4 is 11.1 Å². The van der Waals surface area contributed by atoms with Gasteiger partial charge in [0, 0.05) is 6.04 Å². The molecule has 0 spiro atoms. The molecule has 4 nitrogen and oxygen atoms in total. The molecule has 0 aliphatic heterocycles. The molecule has 18 heavy (non-hydrogen) atoms. The van der Waals surface area contributed by atoms with E-state index in [9.17, 15) is 0 Å². The third-order valence-corrected chi connectivity index (χ3v) is 4.32. The van der Waals surface area contributed by atoms with Gasteiger partial charge in [-0.2, -0.15) is 0 Å². The van der Waals surface area contributed by atoms with Crippen LogP contribution in [-0.2, 0) is 0 Å². The zero-order valence-electron chi connectivity index (χ0n) is 11.2. The summed E-state index contributed by atoms with van der Waals surface area (Å²) in [5.41, 5.74) is 6.34. The summed E-state index contributed by atoms with van der Waals surface area (Å²) in [7, 11) is 0. The maximum absolute atomic E-state index is 5.52. The lowest BCUT2D eigenvalue weighted by Crippen LogP contribution is -2.38. The summed E-state index contributed by atoms with van der Waals surface area (Å²) >= 11 is 3.51. The summed E-state index contributed by atoms with van der Waals surface area (Å²) in [4.78, 5) is 8.21. The van der Waals surface area contributed by atoms with Crippen molar-refractivity contribution in [1.29, 1.82) is 0 Å². The molecule has 1 saturated carbocycles. The summed E-state index contributed by atoms with van der Waals surface area (Å²) in [6.45, 7) is 8.01. The molecule has 0 bridgehead atoms. The average molecular weight is 315 g/mol. The molecule has 0 unspecified atom stereocenters. The van der Waals surface area contributed by atoms with Crippen LogP contribution in [0.4, 0.5) is 0 Å². The van der Waals surface area contributed by atoms with E-state index in [0.29, 0.717) is 6.04 Å². The summed E-state index contributed by atoms with van der Waals surface area (Å²) in [5.74, 6) is 1.63. The van der Waals surface area contributed by atoms with Gasteiger partial charge in [-0.3, -0.25) is 9.98 Å². The number of amidine groups is 1. The molecular weight excluding hydrogens is 292 g/mol. The van der Waals surface area contributed by atoms with Crippen molar-refractivity contribution in [2.75, 3.05) is 6.67 Å². The van der Waals surface area contributed by atoms with Crippen molar-refractivity contribution in [3.8, 4) is 0 Å². The molecule has 1 fully saturated rings. The molecule has 1 aliphatic rings. The van der Waals surface area contributed by atoms with Gasteiger partial charge in [-0.15, -0.1) is 0 Å². The Morgan fingerprint density at radius 2 is 2.00 bits per heavy atom. The van der Waals surface area contributed by atoms with E-state index in [0.717, 1.165) is 21.9 Å². The van der Waals surface area contributed by atoms with E-state index in [1.807, 2.05) is 6.92 Å². The van der Waals surface area contributed by atoms with E-state index in [4.69, 9.17) is 5.73 Å². The highest BCUT2D eigenvalue weighted by Crippen LogP contribution is 2.24. The first kappa shape index (κ1) is 15.4. The summed E-state index contributed by atoms with van der Waals surface area (Å²) in [5, 5.41) is 3.47. The fraction of sp³-hybridized carbons (Fsp3) is 0.692. The van der Waals surface area contributed by atoms with Crippen molar-refractivity contribution >= 4 is 28.5 Å². The van der Waals surface area contributed by atoms with Gasteiger partial charge in [0.2, 0.25) is 0 Å². The Balaban J connectivity index is 2.70. The molecule has 0 aromatic rings. The highest BCUT2D eigenvalue weighted by molar-refractivity contribution is 9.12. The lowest BCUT2D eigenvalue weighted by molar-refractivity contribution is 0.331. The minimum absolute atomic E-state index is 0.269. The number of allylic oxidation sites excluding steroid dienone is 1. The highest BCUT2D eigenvalue weighted by Gasteiger charge is 2.20. The maximum Gasteiger partial charge on any atom is 0.138 e. The molecular formula is C13H23BrN4. The molecule has 0 atom stereocenters. The van der Waals surface area contributed by atoms with Crippen molar-refractivity contribution in [1.82, 2.24) is 5.32 Å². The number of hydrogen-bond donors (Lipinski definition) is 2. The van der Waals surface area contributed by atoms with Crippen molar-refractivity contribution < 1.29 is 0 Å². The number of halogens is 1. The van der Waals surface area contributed by atoms with Crippen LogP contribution in [-0.4, -0.2) is 25.3 Å². The standard InChI is InChI=1S/C13H23BrN4/c1-9-4-6-11(7-5-9)18-13(17-8-15)12(14)10(2)16-3/h9,11H,3-8,15H2,1-2H3,(H,17,18)/b12-10+. The van der Waals surface area contributed by atoms with Crippen LogP contribution in [0.1, 0.15) is 39.5 Å². The molecule has 102 valence electrons. The highest BCUT2D eigenvalue weighted by atomic mass is 79.9. The van der Waals surface area contributed by atoms with Gasteiger partial charge in [-0.05, 0) is 61.2 Å². The molecule has 1 aliphatic carbocycles. The molecule has 5 heteroatoms. The second kappa shape index (κ2) is 7.69. The molecule has 0 saturated heterocycles. The van der Waals surface area contributed by atoms with Crippen molar-refractivity contribution in [2.24, 2.45) is 21.6 Å². The van der Waals surface area contributed by atoms with Gasteiger partial charge in [-0.1, -0.05) is 6.92 Å². The Labute approximate surface area is 118 Å². The van der Waals surface area contributed by atoms with Gasteiger partial charge in [0.1, 0.15) is 5.84 Å². The van der Waals surface area contributed by atoms with E-state index in [2.05, 4.69) is 44.9 Å². The fourth-order valence-corrected chi connectivity index (χ4v) is 2.47. The number of aliphatic imine (C=N–C) groups is 2. The number of nitrogens with one attached hydrogen (secondary N) is 1. The van der Waals surface area contributed by atoms with Gasteiger partial charge in [-0.25, -0.2) is 0 Å². The Bertz CT molecular complexity index is 341. The van der Waals surface area contributed by atoms with E-state index in [1.165, 1.54) is 25.7 Å². The number of nitrogens with two attached hydrogens (primary N) is 1. The Morgan fingerprint density at radius 1 is 1.39 bits per heavy atom. The zero-order chi connectivity index (χ0) is 13.5. The first-order chi connectivity index (χ1) is 8.58. The number of rotatable bonds is 4. The SMILES string of the molecule is C=N/C(C)=C(Br)\C(=N/CN)NC1CCC(C)CC1. The zero-order valence-corrected chi connectivity index (χ0v) is 12.8. The quantitative estimate of drug-likeness (QED) is 0.619.